The second kappa shape index (κ2) is 8.16. The Morgan fingerprint density at radius 3 is 2.50 bits per heavy atom. The van der Waals surface area contributed by atoms with Crippen molar-refractivity contribution >= 4 is 34.4 Å². The number of para-hydroxylation sites is 2. The van der Waals surface area contributed by atoms with Crippen LogP contribution in [-0.2, 0) is 4.79 Å². The van der Waals surface area contributed by atoms with E-state index in [0.717, 1.165) is 22.5 Å². The summed E-state index contributed by atoms with van der Waals surface area (Å²) in [5, 5.41) is 7.60. The summed E-state index contributed by atoms with van der Waals surface area (Å²) in [4.78, 5) is 32.6. The Hall–Kier alpha value is -3.39. The van der Waals surface area contributed by atoms with Gasteiger partial charge in [-0.2, -0.15) is 5.10 Å². The molecule has 2 aromatic carbocycles. The Kier molecular flexibility index (Phi) is 5.41. The highest BCUT2D eigenvalue weighted by Crippen LogP contribution is 2.24. The number of nitrogens with one attached hydrogen (secondary N) is 2. The fraction of sp³-hybridized carbons (Fsp3) is 0.182. The van der Waals surface area contributed by atoms with Gasteiger partial charge in [-0.3, -0.25) is 9.59 Å². The standard InChI is InChI=1S/C22H21N5O2S/c1-13-8-7-9-14(2)18(13)24-20(28)15(3)30-22-25-19-17(21(29)26-22)12-23-27(19)16-10-5-4-6-11-16/h4-12,15H,1-3H3,(H,24,28)(H,25,26,29)/t15-/m1/s1. The lowest BCUT2D eigenvalue weighted by Crippen LogP contribution is -2.24. The zero-order valence-electron chi connectivity index (χ0n) is 16.8. The first kappa shape index (κ1) is 19.9. The molecule has 152 valence electrons. The zero-order chi connectivity index (χ0) is 21.3. The molecule has 0 saturated heterocycles. The van der Waals surface area contributed by atoms with Crippen LogP contribution < -0.4 is 10.9 Å². The summed E-state index contributed by atoms with van der Waals surface area (Å²) in [6.45, 7) is 5.70. The molecule has 0 aliphatic heterocycles. The number of benzene rings is 2. The molecule has 0 bridgehead atoms. The largest absolute Gasteiger partial charge is 0.325 e. The predicted octanol–water partition coefficient (Wildman–Crippen LogP) is 3.84. The molecule has 0 aliphatic carbocycles. The number of H-pyrrole nitrogens is 1. The van der Waals surface area contributed by atoms with Crippen LogP contribution in [0.5, 0.6) is 0 Å². The van der Waals surface area contributed by atoms with Crippen LogP contribution in [0.25, 0.3) is 16.7 Å². The van der Waals surface area contributed by atoms with E-state index < -0.39 is 5.25 Å². The van der Waals surface area contributed by atoms with E-state index in [4.69, 9.17) is 0 Å². The summed E-state index contributed by atoms with van der Waals surface area (Å²) < 4.78 is 1.62. The number of hydrogen-bond acceptors (Lipinski definition) is 5. The topological polar surface area (TPSA) is 92.7 Å². The number of aryl methyl sites for hydroxylation is 2. The molecule has 1 amide bonds. The zero-order valence-corrected chi connectivity index (χ0v) is 17.7. The van der Waals surface area contributed by atoms with Gasteiger partial charge in [-0.25, -0.2) is 9.67 Å². The van der Waals surface area contributed by atoms with Gasteiger partial charge < -0.3 is 10.3 Å². The fourth-order valence-electron chi connectivity index (χ4n) is 3.17. The van der Waals surface area contributed by atoms with Gasteiger partial charge in [-0.15, -0.1) is 0 Å². The van der Waals surface area contributed by atoms with Crippen LogP contribution in [0.2, 0.25) is 0 Å². The van der Waals surface area contributed by atoms with Gasteiger partial charge in [0.15, 0.2) is 10.8 Å². The minimum Gasteiger partial charge on any atom is -0.325 e. The van der Waals surface area contributed by atoms with Crippen molar-refractivity contribution in [3.05, 3.63) is 76.2 Å². The van der Waals surface area contributed by atoms with E-state index in [0.29, 0.717) is 16.2 Å². The molecule has 30 heavy (non-hydrogen) atoms. The number of fused-ring (bicyclic) bond motifs is 1. The average molecular weight is 420 g/mol. The molecule has 1 atom stereocenters. The quantitative estimate of drug-likeness (QED) is 0.379. The molecule has 0 fully saturated rings. The normalized spacial score (nSPS) is 12.1. The number of rotatable bonds is 5. The summed E-state index contributed by atoms with van der Waals surface area (Å²) >= 11 is 1.20. The molecule has 2 aromatic heterocycles. The lowest BCUT2D eigenvalue weighted by Gasteiger charge is -2.15. The number of amides is 1. The van der Waals surface area contributed by atoms with E-state index in [2.05, 4.69) is 20.4 Å². The number of thioether (sulfide) groups is 1. The van der Waals surface area contributed by atoms with E-state index in [1.54, 1.807) is 11.6 Å². The van der Waals surface area contributed by atoms with Gasteiger partial charge in [-0.1, -0.05) is 48.2 Å². The van der Waals surface area contributed by atoms with Crippen LogP contribution >= 0.6 is 11.8 Å². The van der Waals surface area contributed by atoms with Gasteiger partial charge in [0, 0.05) is 5.69 Å². The van der Waals surface area contributed by atoms with E-state index in [1.165, 1.54) is 18.0 Å². The lowest BCUT2D eigenvalue weighted by atomic mass is 10.1. The van der Waals surface area contributed by atoms with Gasteiger partial charge in [0.05, 0.1) is 17.1 Å². The molecule has 0 spiro atoms. The molecule has 2 N–H and O–H groups in total. The summed E-state index contributed by atoms with van der Waals surface area (Å²) in [5.41, 5.74) is 3.79. The van der Waals surface area contributed by atoms with Gasteiger partial charge >= 0.3 is 0 Å². The van der Waals surface area contributed by atoms with Crippen LogP contribution in [-0.4, -0.2) is 30.9 Å². The number of aromatic nitrogens is 4. The smallest absolute Gasteiger partial charge is 0.262 e. The maximum absolute atomic E-state index is 12.7. The van der Waals surface area contributed by atoms with Gasteiger partial charge in [-0.05, 0) is 44.0 Å². The van der Waals surface area contributed by atoms with Gasteiger partial charge in [0.1, 0.15) is 5.39 Å². The molecular formula is C22H21N5O2S. The van der Waals surface area contributed by atoms with Crippen molar-refractivity contribution in [1.82, 2.24) is 19.7 Å². The van der Waals surface area contributed by atoms with E-state index >= 15 is 0 Å². The first-order valence-corrected chi connectivity index (χ1v) is 10.4. The Balaban J connectivity index is 1.60. The van der Waals surface area contributed by atoms with Crippen LogP contribution in [0.1, 0.15) is 18.1 Å². The van der Waals surface area contributed by atoms with Crippen molar-refractivity contribution in [3.8, 4) is 5.69 Å². The molecule has 4 rings (SSSR count). The Morgan fingerprint density at radius 1 is 1.10 bits per heavy atom. The van der Waals surface area contributed by atoms with Crippen molar-refractivity contribution in [2.45, 2.75) is 31.2 Å². The first-order chi connectivity index (χ1) is 14.4. The van der Waals surface area contributed by atoms with Crippen LogP contribution in [0.15, 0.2) is 64.7 Å². The molecule has 2 heterocycles. The number of carbonyl (C=O) groups is 1. The van der Waals surface area contributed by atoms with Crippen molar-refractivity contribution in [1.29, 1.82) is 0 Å². The highest BCUT2D eigenvalue weighted by atomic mass is 32.2. The third-order valence-electron chi connectivity index (χ3n) is 4.80. The summed E-state index contributed by atoms with van der Waals surface area (Å²) in [6, 6.07) is 15.4. The van der Waals surface area contributed by atoms with Gasteiger partial charge in [0.2, 0.25) is 5.91 Å². The predicted molar refractivity (Wildman–Crippen MR) is 119 cm³/mol. The first-order valence-electron chi connectivity index (χ1n) is 9.51. The Bertz CT molecular complexity index is 1260. The van der Waals surface area contributed by atoms with Crippen molar-refractivity contribution < 1.29 is 4.79 Å². The molecule has 0 aliphatic rings. The molecular weight excluding hydrogens is 398 g/mol. The highest BCUT2D eigenvalue weighted by Gasteiger charge is 2.19. The average Bonchev–Trinajstić information content (AvgIpc) is 3.16. The van der Waals surface area contributed by atoms with Crippen LogP contribution in [0, 0.1) is 13.8 Å². The molecule has 0 saturated carbocycles. The molecule has 4 aromatic rings. The van der Waals surface area contributed by atoms with Crippen LogP contribution in [0.3, 0.4) is 0 Å². The molecule has 0 radical (unpaired) electrons. The second-order valence-electron chi connectivity index (χ2n) is 7.02. The van der Waals surface area contributed by atoms with E-state index in [1.807, 2.05) is 62.4 Å². The minimum absolute atomic E-state index is 0.156. The third-order valence-corrected chi connectivity index (χ3v) is 5.79. The summed E-state index contributed by atoms with van der Waals surface area (Å²) in [5.74, 6) is -0.156. The van der Waals surface area contributed by atoms with Crippen molar-refractivity contribution in [3.63, 3.8) is 0 Å². The summed E-state index contributed by atoms with van der Waals surface area (Å²) in [7, 11) is 0. The van der Waals surface area contributed by atoms with Crippen molar-refractivity contribution in [2.75, 3.05) is 5.32 Å². The van der Waals surface area contributed by atoms with E-state index in [9.17, 15) is 9.59 Å². The Labute approximate surface area is 177 Å². The highest BCUT2D eigenvalue weighted by molar-refractivity contribution is 8.00. The molecule has 7 nitrogen and oxygen atoms in total. The minimum atomic E-state index is -0.460. The van der Waals surface area contributed by atoms with Crippen molar-refractivity contribution in [2.24, 2.45) is 0 Å². The summed E-state index contributed by atoms with van der Waals surface area (Å²) in [6.07, 6.45) is 1.50. The maximum Gasteiger partial charge on any atom is 0.262 e. The van der Waals surface area contributed by atoms with E-state index in [-0.39, 0.29) is 11.5 Å². The SMILES string of the molecule is Cc1cccc(C)c1NC(=O)[C@@H](C)Sc1nc2c(cnn2-c2ccccc2)c(=O)[nH]1. The molecule has 0 unspecified atom stereocenters. The Morgan fingerprint density at radius 2 is 1.80 bits per heavy atom. The lowest BCUT2D eigenvalue weighted by molar-refractivity contribution is -0.115. The number of anilines is 1. The fourth-order valence-corrected chi connectivity index (χ4v) is 3.96. The van der Waals surface area contributed by atoms with Gasteiger partial charge in [0.25, 0.3) is 5.56 Å². The third kappa shape index (κ3) is 3.86. The maximum atomic E-state index is 12.7. The number of hydrogen-bond donors (Lipinski definition) is 2. The molecule has 8 heteroatoms. The number of carbonyl (C=O) groups excluding carboxylic acids is 1. The monoisotopic (exact) mass is 419 g/mol. The number of aromatic amines is 1. The van der Waals surface area contributed by atoms with Crippen LogP contribution in [0.4, 0.5) is 5.69 Å². The number of nitrogens with zero attached hydrogens (tertiary/aromatic N) is 3. The second-order valence-corrected chi connectivity index (χ2v) is 8.35.